The Kier molecular flexibility index (Phi) is 5.75. The Hall–Kier alpha value is -1.15. The van der Waals surface area contributed by atoms with Crippen LogP contribution in [0.5, 0.6) is 0 Å². The van der Waals surface area contributed by atoms with E-state index in [1.807, 2.05) is 27.7 Å². The highest BCUT2D eigenvalue weighted by atomic mass is 32.2. The molecule has 2 atom stereocenters. The monoisotopic (exact) mass is 323 g/mol. The molecular formula is C13H20F3N3OS. The molecule has 1 aromatic rings. The second-order valence-corrected chi connectivity index (χ2v) is 7.66. The molecule has 0 amide bonds. The van der Waals surface area contributed by atoms with E-state index in [0.29, 0.717) is 0 Å². The molecule has 0 radical (unpaired) electrons. The Morgan fingerprint density at radius 1 is 1.29 bits per heavy atom. The summed E-state index contributed by atoms with van der Waals surface area (Å²) in [6.45, 7) is 6.26. The smallest absolute Gasteiger partial charge is 0.361 e. The van der Waals surface area contributed by atoms with Crippen LogP contribution in [0.3, 0.4) is 0 Å². The predicted molar refractivity (Wildman–Crippen MR) is 78.2 cm³/mol. The minimum atomic E-state index is -4.28. The van der Waals surface area contributed by atoms with Crippen molar-refractivity contribution in [3.8, 4) is 0 Å². The average Bonchev–Trinajstić information content (AvgIpc) is 2.35. The second-order valence-electron chi connectivity index (χ2n) is 5.67. The number of anilines is 1. The predicted octanol–water partition coefficient (Wildman–Crippen LogP) is 3.17. The third-order valence-corrected chi connectivity index (χ3v) is 4.28. The molecule has 1 unspecified atom stereocenters. The van der Waals surface area contributed by atoms with E-state index in [-0.39, 0.29) is 11.9 Å². The number of hydrogen-bond donors (Lipinski definition) is 2. The summed E-state index contributed by atoms with van der Waals surface area (Å²) in [6.07, 6.45) is -2.81. The Morgan fingerprint density at radius 2 is 1.90 bits per heavy atom. The summed E-state index contributed by atoms with van der Waals surface area (Å²) in [6, 6.07) is 2.91. The Bertz CT molecular complexity index is 483. The number of halogens is 3. The van der Waals surface area contributed by atoms with Gasteiger partial charge in [-0.15, -0.1) is 0 Å². The summed E-state index contributed by atoms with van der Waals surface area (Å²) in [4.78, 5) is 3.92. The van der Waals surface area contributed by atoms with E-state index < -0.39 is 28.5 Å². The van der Waals surface area contributed by atoms with Gasteiger partial charge in [0.15, 0.2) is 0 Å². The summed E-state index contributed by atoms with van der Waals surface area (Å²) in [5.41, 5.74) is 0.755. The minimum Gasteiger partial charge on any atom is -0.361 e. The zero-order valence-electron chi connectivity index (χ0n) is 12.4. The number of aromatic nitrogens is 1. The number of alkyl halides is 3. The number of rotatable bonds is 5. The van der Waals surface area contributed by atoms with Crippen LogP contribution in [0.15, 0.2) is 18.3 Å². The summed E-state index contributed by atoms with van der Waals surface area (Å²) in [5, 5.41) is 2.20. The molecular weight excluding hydrogens is 303 g/mol. The zero-order chi connectivity index (χ0) is 16.3. The fourth-order valence-electron chi connectivity index (χ4n) is 1.36. The number of nitrogens with one attached hydrogen (secondary N) is 2. The Morgan fingerprint density at radius 3 is 2.33 bits per heavy atom. The van der Waals surface area contributed by atoms with Gasteiger partial charge in [-0.3, -0.25) is 0 Å². The van der Waals surface area contributed by atoms with E-state index >= 15 is 0 Å². The molecule has 120 valence electrons. The van der Waals surface area contributed by atoms with Gasteiger partial charge in [0.2, 0.25) is 0 Å². The van der Waals surface area contributed by atoms with Crippen LogP contribution in [-0.2, 0) is 11.0 Å². The van der Waals surface area contributed by atoms with Crippen molar-refractivity contribution in [3.63, 3.8) is 0 Å². The molecule has 0 spiro atoms. The molecule has 0 bridgehead atoms. The van der Waals surface area contributed by atoms with E-state index in [1.165, 1.54) is 12.3 Å². The van der Waals surface area contributed by atoms with Crippen molar-refractivity contribution in [2.45, 2.75) is 44.7 Å². The maximum absolute atomic E-state index is 12.1. The number of pyridine rings is 1. The lowest BCUT2D eigenvalue weighted by Gasteiger charge is -2.22. The van der Waals surface area contributed by atoms with Gasteiger partial charge in [-0.2, -0.15) is 13.2 Å². The largest absolute Gasteiger partial charge is 0.405 e. The first-order valence-corrected chi connectivity index (χ1v) is 7.58. The molecule has 21 heavy (non-hydrogen) atoms. The SMILES string of the molecule is CC(N[S@](=O)C(C)(C)C)c1ccc(NCC(F)(F)F)nc1. The lowest BCUT2D eigenvalue weighted by molar-refractivity contribution is -0.115. The molecule has 0 saturated carbocycles. The quantitative estimate of drug-likeness (QED) is 0.875. The maximum atomic E-state index is 12.1. The molecule has 0 aliphatic carbocycles. The fourth-order valence-corrected chi connectivity index (χ4v) is 2.17. The molecule has 0 fully saturated rings. The molecule has 0 aromatic carbocycles. The van der Waals surface area contributed by atoms with Gasteiger partial charge in [-0.1, -0.05) is 6.07 Å². The van der Waals surface area contributed by atoms with Crippen molar-refractivity contribution in [2.24, 2.45) is 0 Å². The maximum Gasteiger partial charge on any atom is 0.405 e. The lowest BCUT2D eigenvalue weighted by Crippen LogP contribution is -2.34. The van der Waals surface area contributed by atoms with Crippen LogP contribution in [0.25, 0.3) is 0 Å². The van der Waals surface area contributed by atoms with Crippen molar-refractivity contribution in [1.29, 1.82) is 0 Å². The summed E-state index contributed by atoms with van der Waals surface area (Å²) in [5.74, 6) is 0.153. The fraction of sp³-hybridized carbons (Fsp3) is 0.615. The Labute approximate surface area is 125 Å². The molecule has 2 N–H and O–H groups in total. The van der Waals surface area contributed by atoms with Crippen molar-refractivity contribution in [1.82, 2.24) is 9.71 Å². The van der Waals surface area contributed by atoms with E-state index in [1.54, 1.807) is 6.07 Å². The standard InChI is InChI=1S/C13H20F3N3OS/c1-9(19-21(20)12(2,3)4)10-5-6-11(17-7-10)18-8-13(14,15)16/h5-7,9,19H,8H2,1-4H3,(H,17,18)/t9?,21-/m1/s1. The molecule has 8 heteroatoms. The number of hydrogen-bond acceptors (Lipinski definition) is 3. The van der Waals surface area contributed by atoms with E-state index in [2.05, 4.69) is 15.0 Å². The van der Waals surface area contributed by atoms with Gasteiger partial charge in [0.05, 0.1) is 15.7 Å². The van der Waals surface area contributed by atoms with E-state index in [9.17, 15) is 17.4 Å². The summed E-state index contributed by atoms with van der Waals surface area (Å²) >= 11 is 0. The highest BCUT2D eigenvalue weighted by molar-refractivity contribution is 7.84. The van der Waals surface area contributed by atoms with Crippen molar-refractivity contribution in [3.05, 3.63) is 23.9 Å². The van der Waals surface area contributed by atoms with Gasteiger partial charge in [0.25, 0.3) is 0 Å². The zero-order valence-corrected chi connectivity index (χ0v) is 13.2. The summed E-state index contributed by atoms with van der Waals surface area (Å²) in [7, 11) is -1.23. The van der Waals surface area contributed by atoms with E-state index in [0.717, 1.165) is 5.56 Å². The van der Waals surface area contributed by atoms with Gasteiger partial charge in [-0.05, 0) is 39.3 Å². The molecule has 0 saturated heterocycles. The normalized spacial score (nSPS) is 15.6. The lowest BCUT2D eigenvalue weighted by atomic mass is 10.1. The van der Waals surface area contributed by atoms with Gasteiger partial charge < -0.3 is 5.32 Å². The van der Waals surface area contributed by atoms with Gasteiger partial charge in [0, 0.05) is 12.2 Å². The van der Waals surface area contributed by atoms with Crippen LogP contribution in [0.4, 0.5) is 19.0 Å². The molecule has 0 aliphatic heterocycles. The van der Waals surface area contributed by atoms with Crippen LogP contribution in [0, 0.1) is 0 Å². The first-order valence-electron chi connectivity index (χ1n) is 6.43. The molecule has 1 aromatic heterocycles. The third kappa shape index (κ3) is 6.43. The summed E-state index contributed by atoms with van der Waals surface area (Å²) < 4.78 is 50.7. The minimum absolute atomic E-state index is 0.153. The van der Waals surface area contributed by atoms with Gasteiger partial charge in [-0.25, -0.2) is 13.9 Å². The van der Waals surface area contributed by atoms with Gasteiger partial charge in [0.1, 0.15) is 12.4 Å². The average molecular weight is 323 g/mol. The Balaban J connectivity index is 2.63. The highest BCUT2D eigenvalue weighted by Crippen LogP contribution is 2.19. The number of nitrogens with zero attached hydrogens (tertiary/aromatic N) is 1. The van der Waals surface area contributed by atoms with Crippen LogP contribution in [0.1, 0.15) is 39.3 Å². The van der Waals surface area contributed by atoms with Crippen molar-refractivity contribution < 1.29 is 17.4 Å². The first-order chi connectivity index (χ1) is 9.49. The highest BCUT2D eigenvalue weighted by Gasteiger charge is 2.26. The second kappa shape index (κ2) is 6.74. The first kappa shape index (κ1) is 17.9. The van der Waals surface area contributed by atoms with Crippen LogP contribution < -0.4 is 10.0 Å². The van der Waals surface area contributed by atoms with Crippen LogP contribution >= 0.6 is 0 Å². The topological polar surface area (TPSA) is 54.0 Å². The van der Waals surface area contributed by atoms with Crippen molar-refractivity contribution >= 4 is 16.8 Å². The molecule has 1 rings (SSSR count). The van der Waals surface area contributed by atoms with Gasteiger partial charge >= 0.3 is 6.18 Å². The molecule has 4 nitrogen and oxygen atoms in total. The van der Waals surface area contributed by atoms with Crippen molar-refractivity contribution in [2.75, 3.05) is 11.9 Å². The third-order valence-electron chi connectivity index (χ3n) is 2.60. The van der Waals surface area contributed by atoms with Crippen LogP contribution in [-0.4, -0.2) is 26.7 Å². The van der Waals surface area contributed by atoms with Crippen LogP contribution in [0.2, 0.25) is 0 Å². The molecule has 0 aliphatic rings. The van der Waals surface area contributed by atoms with E-state index in [4.69, 9.17) is 0 Å². The molecule has 1 heterocycles.